The summed E-state index contributed by atoms with van der Waals surface area (Å²) in [5.41, 5.74) is 3.41. The van der Waals surface area contributed by atoms with Gasteiger partial charge >= 0.3 is 0 Å². The summed E-state index contributed by atoms with van der Waals surface area (Å²) in [6.45, 7) is 1.89. The number of rotatable bonds is 3. The number of primary sulfonamides is 1. The van der Waals surface area contributed by atoms with E-state index < -0.39 is 26.6 Å². The van der Waals surface area contributed by atoms with Crippen molar-refractivity contribution in [2.45, 2.75) is 31.1 Å². The van der Waals surface area contributed by atoms with Crippen molar-refractivity contribution in [1.29, 1.82) is 0 Å². The largest absolute Gasteiger partial charge is 0.241 e. The van der Waals surface area contributed by atoms with Crippen LogP contribution in [-0.2, 0) is 10.0 Å². The van der Waals surface area contributed by atoms with Gasteiger partial charge in [-0.3, -0.25) is 0 Å². The first kappa shape index (κ1) is 18.0. The Bertz CT molecular complexity index is 1000. The number of sulfonamides is 1. The first-order valence-corrected chi connectivity index (χ1v) is 9.61. The van der Waals surface area contributed by atoms with E-state index in [0.29, 0.717) is 29.5 Å². The lowest BCUT2D eigenvalue weighted by Crippen LogP contribution is -2.15. The Hall–Kier alpha value is -1.76. The Morgan fingerprint density at radius 3 is 2.36 bits per heavy atom. The van der Waals surface area contributed by atoms with E-state index in [2.05, 4.69) is 0 Å². The Labute approximate surface area is 150 Å². The molecule has 132 valence electrons. The molecule has 0 bridgehead atoms. The molecule has 1 aliphatic carbocycles. The molecule has 25 heavy (non-hydrogen) atoms. The molecule has 0 saturated heterocycles. The predicted octanol–water partition coefficient (Wildman–Crippen LogP) is 4.67. The summed E-state index contributed by atoms with van der Waals surface area (Å²) >= 11 is 6.18. The van der Waals surface area contributed by atoms with Crippen LogP contribution in [0.4, 0.5) is 8.78 Å². The van der Waals surface area contributed by atoms with E-state index in [4.69, 9.17) is 16.7 Å². The number of hydrogen-bond acceptors (Lipinski definition) is 2. The minimum atomic E-state index is -4.32. The Morgan fingerprint density at radius 2 is 1.72 bits per heavy atom. The molecule has 7 heteroatoms. The lowest BCUT2D eigenvalue weighted by molar-refractivity contribution is 0.552. The van der Waals surface area contributed by atoms with Gasteiger partial charge < -0.3 is 0 Å². The number of hydrogen-bond donors (Lipinski definition) is 1. The highest BCUT2D eigenvalue weighted by Crippen LogP contribution is 2.41. The zero-order chi connectivity index (χ0) is 18.4. The van der Waals surface area contributed by atoms with E-state index >= 15 is 0 Å². The van der Waals surface area contributed by atoms with Crippen LogP contribution in [0.1, 0.15) is 36.0 Å². The van der Waals surface area contributed by atoms with Gasteiger partial charge in [0.15, 0.2) is 0 Å². The molecule has 1 aliphatic rings. The summed E-state index contributed by atoms with van der Waals surface area (Å²) in [6.07, 6.45) is 2.09. The van der Waals surface area contributed by atoms with E-state index in [0.717, 1.165) is 29.2 Å². The summed E-state index contributed by atoms with van der Waals surface area (Å²) < 4.78 is 51.3. The first-order valence-electron chi connectivity index (χ1n) is 7.69. The van der Waals surface area contributed by atoms with Crippen molar-refractivity contribution in [3.63, 3.8) is 0 Å². The minimum absolute atomic E-state index is 0.0640. The number of allylic oxidation sites excluding steroid dienone is 2. The highest BCUT2D eigenvalue weighted by atomic mass is 35.5. The van der Waals surface area contributed by atoms with Gasteiger partial charge in [-0.2, -0.15) is 0 Å². The summed E-state index contributed by atoms with van der Waals surface area (Å²) in [5, 5.41) is 5.52. The van der Waals surface area contributed by atoms with Crippen molar-refractivity contribution < 1.29 is 17.2 Å². The fourth-order valence-electron chi connectivity index (χ4n) is 3.12. The molecular weight excluding hydrogens is 368 g/mol. The summed E-state index contributed by atoms with van der Waals surface area (Å²) in [6, 6.07) is 7.14. The molecule has 0 fully saturated rings. The van der Waals surface area contributed by atoms with E-state index in [1.54, 1.807) is 0 Å². The molecule has 3 nitrogen and oxygen atoms in total. The molecule has 3 rings (SSSR count). The highest BCUT2D eigenvalue weighted by molar-refractivity contribution is 7.89. The molecule has 0 heterocycles. The molecule has 0 aliphatic heterocycles. The SMILES string of the molecule is Cc1ccc(C2=C(c3cc(F)c(S(N)(=O)=O)cc3F)CCC2)cc1Cl. The van der Waals surface area contributed by atoms with Gasteiger partial charge in [-0.1, -0.05) is 23.7 Å². The first-order chi connectivity index (χ1) is 11.7. The van der Waals surface area contributed by atoms with Crippen LogP contribution in [0.25, 0.3) is 11.1 Å². The maximum atomic E-state index is 14.5. The van der Waals surface area contributed by atoms with Crippen LogP contribution in [0.15, 0.2) is 35.2 Å². The molecule has 0 saturated carbocycles. The number of benzene rings is 2. The second-order valence-corrected chi connectivity index (χ2v) is 8.02. The third-order valence-electron chi connectivity index (χ3n) is 4.39. The average Bonchev–Trinajstić information content (AvgIpc) is 3.00. The van der Waals surface area contributed by atoms with Crippen LogP contribution >= 0.6 is 11.6 Å². The Kier molecular flexibility index (Phi) is 4.70. The van der Waals surface area contributed by atoms with Crippen LogP contribution in [0.3, 0.4) is 0 Å². The van der Waals surface area contributed by atoms with E-state index in [1.165, 1.54) is 0 Å². The Morgan fingerprint density at radius 1 is 1.04 bits per heavy atom. The summed E-state index contributed by atoms with van der Waals surface area (Å²) in [5.74, 6) is -1.86. The van der Waals surface area contributed by atoms with E-state index in [1.807, 2.05) is 25.1 Å². The smallest absolute Gasteiger partial charge is 0.225 e. The molecular formula is C18H16ClF2NO2S. The van der Waals surface area contributed by atoms with Gasteiger partial charge in [0.2, 0.25) is 10.0 Å². The molecule has 2 N–H and O–H groups in total. The van der Waals surface area contributed by atoms with Crippen molar-refractivity contribution >= 4 is 32.8 Å². The normalized spacial score (nSPS) is 15.1. The van der Waals surface area contributed by atoms with Crippen molar-refractivity contribution in [3.05, 3.63) is 63.7 Å². The van der Waals surface area contributed by atoms with Crippen LogP contribution in [0.5, 0.6) is 0 Å². The van der Waals surface area contributed by atoms with Gasteiger partial charge in [-0.05, 0) is 66.7 Å². The van der Waals surface area contributed by atoms with Gasteiger partial charge in [-0.15, -0.1) is 0 Å². The van der Waals surface area contributed by atoms with Gasteiger partial charge in [0.1, 0.15) is 16.5 Å². The highest BCUT2D eigenvalue weighted by Gasteiger charge is 2.24. The quantitative estimate of drug-likeness (QED) is 0.837. The zero-order valence-corrected chi connectivity index (χ0v) is 15.0. The zero-order valence-electron chi connectivity index (χ0n) is 13.4. The third kappa shape index (κ3) is 3.47. The van der Waals surface area contributed by atoms with Gasteiger partial charge in [0.05, 0.1) is 0 Å². The molecule has 0 spiro atoms. The van der Waals surface area contributed by atoms with Crippen LogP contribution in [-0.4, -0.2) is 8.42 Å². The molecule has 0 unspecified atom stereocenters. The van der Waals surface area contributed by atoms with Crippen molar-refractivity contribution in [3.8, 4) is 0 Å². The Balaban J connectivity index is 2.17. The number of halogens is 3. The van der Waals surface area contributed by atoms with Crippen molar-refractivity contribution in [2.75, 3.05) is 0 Å². The second-order valence-electron chi connectivity index (χ2n) is 6.08. The molecule has 0 amide bonds. The average molecular weight is 384 g/mol. The lowest BCUT2D eigenvalue weighted by Gasteiger charge is -2.12. The van der Waals surface area contributed by atoms with Crippen LogP contribution in [0, 0.1) is 18.6 Å². The molecule has 0 aromatic heterocycles. The lowest BCUT2D eigenvalue weighted by atomic mass is 9.96. The maximum Gasteiger partial charge on any atom is 0.241 e. The summed E-state index contributed by atoms with van der Waals surface area (Å²) in [7, 11) is -4.32. The number of nitrogens with two attached hydrogens (primary N) is 1. The predicted molar refractivity (Wildman–Crippen MR) is 94.6 cm³/mol. The fraction of sp³-hybridized carbons (Fsp3) is 0.222. The molecule has 2 aromatic carbocycles. The molecule has 0 atom stereocenters. The maximum absolute atomic E-state index is 14.5. The minimum Gasteiger partial charge on any atom is -0.225 e. The monoisotopic (exact) mass is 383 g/mol. The van der Waals surface area contributed by atoms with E-state index in [-0.39, 0.29) is 5.56 Å². The van der Waals surface area contributed by atoms with Gasteiger partial charge in [0.25, 0.3) is 0 Å². The number of aryl methyl sites for hydroxylation is 1. The van der Waals surface area contributed by atoms with E-state index in [9.17, 15) is 17.2 Å². The second kappa shape index (κ2) is 6.52. The van der Waals surface area contributed by atoms with Crippen LogP contribution in [0.2, 0.25) is 5.02 Å². The standard InChI is InChI=1S/C18H16ClF2NO2S/c1-10-5-6-11(7-15(10)19)12-3-2-4-13(12)14-8-17(21)18(9-16(14)20)25(22,23)24/h5-9H,2-4H2,1H3,(H2,22,23,24). The van der Waals surface area contributed by atoms with Crippen LogP contribution < -0.4 is 5.14 Å². The fourth-order valence-corrected chi connectivity index (χ4v) is 3.90. The van der Waals surface area contributed by atoms with Gasteiger partial charge in [0, 0.05) is 10.6 Å². The van der Waals surface area contributed by atoms with Crippen molar-refractivity contribution in [1.82, 2.24) is 0 Å². The summed E-state index contributed by atoms with van der Waals surface area (Å²) in [4.78, 5) is -0.840. The topological polar surface area (TPSA) is 60.2 Å². The van der Waals surface area contributed by atoms with Gasteiger partial charge in [-0.25, -0.2) is 22.3 Å². The molecule has 2 aromatic rings. The molecule has 0 radical (unpaired) electrons. The third-order valence-corrected chi connectivity index (χ3v) is 5.72. The van der Waals surface area contributed by atoms with Crippen molar-refractivity contribution in [2.24, 2.45) is 5.14 Å².